The van der Waals surface area contributed by atoms with Crippen LogP contribution < -0.4 is 11.5 Å². The van der Waals surface area contributed by atoms with E-state index in [0.29, 0.717) is 0 Å². The lowest BCUT2D eigenvalue weighted by Crippen LogP contribution is -2.41. The van der Waals surface area contributed by atoms with Crippen molar-refractivity contribution in [3.63, 3.8) is 0 Å². The van der Waals surface area contributed by atoms with Gasteiger partial charge in [-0.3, -0.25) is 4.79 Å². The van der Waals surface area contributed by atoms with E-state index in [4.69, 9.17) is 11.5 Å². The molecule has 0 aromatic rings. The van der Waals surface area contributed by atoms with E-state index >= 15 is 0 Å². The van der Waals surface area contributed by atoms with Crippen molar-refractivity contribution in [2.24, 2.45) is 17.4 Å². The third-order valence-corrected chi connectivity index (χ3v) is 2.18. The second-order valence-corrected chi connectivity index (χ2v) is 2.96. The minimum Gasteiger partial charge on any atom is -0.369 e. The highest BCUT2D eigenvalue weighted by Gasteiger charge is 2.25. The molecular weight excluding hydrogens is 128 g/mol. The molecule has 0 radical (unpaired) electrons. The van der Waals surface area contributed by atoms with Crippen LogP contribution in [0, 0.1) is 5.92 Å². The van der Waals surface area contributed by atoms with Gasteiger partial charge < -0.3 is 11.5 Å². The van der Waals surface area contributed by atoms with E-state index in [1.165, 1.54) is 0 Å². The van der Waals surface area contributed by atoms with Gasteiger partial charge in [-0.05, 0) is 12.8 Å². The third-order valence-electron chi connectivity index (χ3n) is 2.18. The lowest BCUT2D eigenvalue weighted by Gasteiger charge is -2.25. The molecule has 0 aromatic heterocycles. The number of hydrogen-bond donors (Lipinski definition) is 2. The summed E-state index contributed by atoms with van der Waals surface area (Å²) in [5, 5.41) is 0. The van der Waals surface area contributed by atoms with E-state index in [1.807, 2.05) is 0 Å². The smallest absolute Gasteiger partial charge is 0.222 e. The molecule has 4 N–H and O–H groups in total. The number of carbonyl (C=O) groups is 1. The first-order valence-corrected chi connectivity index (χ1v) is 3.76. The van der Waals surface area contributed by atoms with Gasteiger partial charge in [-0.2, -0.15) is 0 Å². The first kappa shape index (κ1) is 7.54. The van der Waals surface area contributed by atoms with E-state index in [2.05, 4.69) is 0 Å². The Morgan fingerprint density at radius 3 is 2.30 bits per heavy atom. The van der Waals surface area contributed by atoms with E-state index in [0.717, 1.165) is 25.7 Å². The Hall–Kier alpha value is -0.570. The third kappa shape index (κ3) is 1.48. The minimum absolute atomic E-state index is 0.0197. The SMILES string of the molecule is NC(=O)[C@H]1CCCC[C@H]1N. The largest absolute Gasteiger partial charge is 0.369 e. The summed E-state index contributed by atoms with van der Waals surface area (Å²) in [4.78, 5) is 10.7. The van der Waals surface area contributed by atoms with Crippen molar-refractivity contribution in [1.29, 1.82) is 0 Å². The molecule has 1 saturated carbocycles. The van der Waals surface area contributed by atoms with E-state index in [9.17, 15) is 4.79 Å². The Bertz CT molecular complexity index is 136. The summed E-state index contributed by atoms with van der Waals surface area (Å²) in [5.41, 5.74) is 10.8. The van der Waals surface area contributed by atoms with Crippen molar-refractivity contribution in [1.82, 2.24) is 0 Å². The molecule has 1 amide bonds. The van der Waals surface area contributed by atoms with E-state index < -0.39 is 0 Å². The Morgan fingerprint density at radius 1 is 1.30 bits per heavy atom. The van der Waals surface area contributed by atoms with Gasteiger partial charge in [-0.25, -0.2) is 0 Å². The number of primary amides is 1. The second-order valence-electron chi connectivity index (χ2n) is 2.96. The van der Waals surface area contributed by atoms with Gasteiger partial charge in [0.1, 0.15) is 0 Å². The molecule has 1 aliphatic carbocycles. The maximum Gasteiger partial charge on any atom is 0.222 e. The van der Waals surface area contributed by atoms with Gasteiger partial charge in [0, 0.05) is 6.04 Å². The van der Waals surface area contributed by atoms with Crippen LogP contribution in [0.1, 0.15) is 25.7 Å². The second kappa shape index (κ2) is 3.01. The minimum atomic E-state index is -0.229. The fourth-order valence-corrected chi connectivity index (χ4v) is 1.51. The molecule has 3 nitrogen and oxygen atoms in total. The monoisotopic (exact) mass is 142 g/mol. The molecule has 3 heteroatoms. The average Bonchev–Trinajstić information content (AvgIpc) is 1.88. The molecule has 0 bridgehead atoms. The lowest BCUT2D eigenvalue weighted by atomic mass is 9.85. The molecule has 10 heavy (non-hydrogen) atoms. The van der Waals surface area contributed by atoms with Gasteiger partial charge in [0.2, 0.25) is 5.91 Å². The van der Waals surface area contributed by atoms with Crippen molar-refractivity contribution in [3.05, 3.63) is 0 Å². The molecule has 1 aliphatic rings. The Labute approximate surface area is 60.8 Å². The standard InChI is InChI=1S/C7H14N2O/c8-6-4-2-1-3-5(6)7(9)10/h5-6H,1-4,8H2,(H2,9,10)/t5-,6+/m0/s1. The van der Waals surface area contributed by atoms with Crippen LogP contribution >= 0.6 is 0 Å². The van der Waals surface area contributed by atoms with Crippen LogP contribution in [0.4, 0.5) is 0 Å². The zero-order valence-electron chi connectivity index (χ0n) is 6.05. The van der Waals surface area contributed by atoms with Crippen LogP contribution in [0.3, 0.4) is 0 Å². The van der Waals surface area contributed by atoms with Crippen LogP contribution in [0.25, 0.3) is 0 Å². The number of rotatable bonds is 1. The first-order chi connectivity index (χ1) is 4.72. The summed E-state index contributed by atoms with van der Waals surface area (Å²) in [7, 11) is 0. The van der Waals surface area contributed by atoms with Crippen molar-refractivity contribution in [2.45, 2.75) is 31.7 Å². The van der Waals surface area contributed by atoms with Crippen LogP contribution in [-0.2, 0) is 4.79 Å². The molecule has 0 unspecified atom stereocenters. The van der Waals surface area contributed by atoms with Gasteiger partial charge in [0.15, 0.2) is 0 Å². The number of hydrogen-bond acceptors (Lipinski definition) is 2. The highest BCUT2D eigenvalue weighted by atomic mass is 16.1. The highest BCUT2D eigenvalue weighted by molar-refractivity contribution is 5.77. The zero-order chi connectivity index (χ0) is 7.56. The summed E-state index contributed by atoms with van der Waals surface area (Å²) in [6.45, 7) is 0. The highest BCUT2D eigenvalue weighted by Crippen LogP contribution is 2.22. The number of nitrogens with two attached hydrogens (primary N) is 2. The normalized spacial score (nSPS) is 33.7. The van der Waals surface area contributed by atoms with Crippen molar-refractivity contribution >= 4 is 5.91 Å². The van der Waals surface area contributed by atoms with Gasteiger partial charge in [0.25, 0.3) is 0 Å². The summed E-state index contributed by atoms with van der Waals surface area (Å²) in [6.07, 6.45) is 4.08. The predicted octanol–water partition coefficient (Wildman–Crippen LogP) is -0.0108. The molecule has 0 spiro atoms. The summed E-state index contributed by atoms with van der Waals surface area (Å²) in [6, 6.07) is 0.0197. The molecular formula is C7H14N2O. The van der Waals surface area contributed by atoms with Crippen LogP contribution in [-0.4, -0.2) is 11.9 Å². The molecule has 1 rings (SSSR count). The Kier molecular flexibility index (Phi) is 2.27. The fourth-order valence-electron chi connectivity index (χ4n) is 1.51. The van der Waals surface area contributed by atoms with Gasteiger partial charge in [-0.15, -0.1) is 0 Å². The van der Waals surface area contributed by atoms with Crippen molar-refractivity contribution < 1.29 is 4.79 Å². The number of carbonyl (C=O) groups excluding carboxylic acids is 1. The molecule has 0 aliphatic heterocycles. The van der Waals surface area contributed by atoms with Gasteiger partial charge >= 0.3 is 0 Å². The molecule has 1 fully saturated rings. The quantitative estimate of drug-likeness (QED) is 0.540. The fraction of sp³-hybridized carbons (Fsp3) is 0.857. The first-order valence-electron chi connectivity index (χ1n) is 3.76. The maximum absolute atomic E-state index is 10.7. The van der Waals surface area contributed by atoms with Gasteiger partial charge in [-0.1, -0.05) is 12.8 Å². The van der Waals surface area contributed by atoms with Crippen LogP contribution in [0.15, 0.2) is 0 Å². The van der Waals surface area contributed by atoms with E-state index in [1.54, 1.807) is 0 Å². The van der Waals surface area contributed by atoms with Gasteiger partial charge in [0.05, 0.1) is 5.92 Å². The Balaban J connectivity index is 2.47. The van der Waals surface area contributed by atoms with Crippen LogP contribution in [0.2, 0.25) is 0 Å². The molecule has 0 saturated heterocycles. The molecule has 0 heterocycles. The molecule has 0 aromatic carbocycles. The topological polar surface area (TPSA) is 69.1 Å². The van der Waals surface area contributed by atoms with Crippen molar-refractivity contribution in [2.75, 3.05) is 0 Å². The summed E-state index contributed by atoms with van der Waals surface area (Å²) >= 11 is 0. The van der Waals surface area contributed by atoms with Crippen LogP contribution in [0.5, 0.6) is 0 Å². The molecule has 2 atom stereocenters. The lowest BCUT2D eigenvalue weighted by molar-refractivity contribution is -0.123. The van der Waals surface area contributed by atoms with Crippen molar-refractivity contribution in [3.8, 4) is 0 Å². The Morgan fingerprint density at radius 2 is 1.90 bits per heavy atom. The summed E-state index contributed by atoms with van der Waals surface area (Å²) < 4.78 is 0. The predicted molar refractivity (Wildman–Crippen MR) is 39.1 cm³/mol. The maximum atomic E-state index is 10.7. The number of amides is 1. The van der Waals surface area contributed by atoms with E-state index in [-0.39, 0.29) is 17.9 Å². The average molecular weight is 142 g/mol. The zero-order valence-corrected chi connectivity index (χ0v) is 6.05. The summed E-state index contributed by atoms with van der Waals surface area (Å²) in [5.74, 6) is -0.291. The molecule has 58 valence electrons.